The molecule has 2 nitrogen and oxygen atoms in total. The van der Waals surface area contributed by atoms with Gasteiger partial charge < -0.3 is 4.74 Å². The van der Waals surface area contributed by atoms with Gasteiger partial charge in [0.25, 0.3) is 0 Å². The summed E-state index contributed by atoms with van der Waals surface area (Å²) in [6.45, 7) is 1.01. The molecule has 0 radical (unpaired) electrons. The summed E-state index contributed by atoms with van der Waals surface area (Å²) in [6, 6.07) is 0. The Bertz CT molecular complexity index is 799. The van der Waals surface area contributed by atoms with Crippen LogP contribution in [-0.2, 0) is 9.53 Å². The first-order valence-electron chi connectivity index (χ1n) is 8.00. The molecule has 4 rings (SSSR count). The molecule has 0 heterocycles. The molecule has 4 aliphatic rings. The summed E-state index contributed by atoms with van der Waals surface area (Å²) in [6.07, 6.45) is -0.564. The van der Waals surface area contributed by atoms with Crippen molar-refractivity contribution in [1.29, 1.82) is 0 Å². The quantitative estimate of drug-likeness (QED) is 0.189. The molecule has 4 bridgehead atoms. The lowest BCUT2D eigenvalue weighted by molar-refractivity contribution is -0.596. The zero-order valence-corrected chi connectivity index (χ0v) is 16.5. The normalized spacial score (nSPS) is 45.2. The molecule has 0 aromatic heterocycles. The highest BCUT2D eigenvalue weighted by atomic mass is 127. The third-order valence-corrected chi connectivity index (χ3v) is 7.35. The summed E-state index contributed by atoms with van der Waals surface area (Å²) in [5.41, 5.74) is -21.4. The average Bonchev–Trinajstić information content (AvgIpc) is 2.58. The van der Waals surface area contributed by atoms with Gasteiger partial charge in [-0.2, -0.15) is 26.3 Å². The predicted octanol–water partition coefficient (Wildman–Crippen LogP) is 5.37. The first-order chi connectivity index (χ1) is 13.5. The number of ether oxygens (including phenoxy) is 1. The van der Waals surface area contributed by atoms with Crippen molar-refractivity contribution in [2.45, 2.75) is 69.7 Å². The van der Waals surface area contributed by atoms with Gasteiger partial charge in [0.05, 0.1) is 0 Å². The molecule has 4 aliphatic carbocycles. The molecule has 3 unspecified atom stereocenters. The molecule has 0 saturated heterocycles. The van der Waals surface area contributed by atoms with Crippen molar-refractivity contribution in [2.75, 3.05) is 0 Å². The maximum absolute atomic E-state index is 14.8. The monoisotopic (exact) mass is 600 g/mol. The van der Waals surface area contributed by atoms with Gasteiger partial charge in [-0.15, -0.1) is 0 Å². The zero-order valence-electron chi connectivity index (χ0n) is 14.3. The Balaban J connectivity index is 2.56. The summed E-state index contributed by atoms with van der Waals surface area (Å²) in [4.78, 5) is 11.8. The summed E-state index contributed by atoms with van der Waals surface area (Å²) >= 11 is 0.913. The molecular weight excluding hydrogens is 593 g/mol. The van der Waals surface area contributed by atoms with Crippen LogP contribution in [0, 0.1) is 5.92 Å². The lowest BCUT2D eigenvalue weighted by Gasteiger charge is -2.72. The van der Waals surface area contributed by atoms with E-state index in [0.717, 1.165) is 29.5 Å². The van der Waals surface area contributed by atoms with Crippen LogP contribution in [0.3, 0.4) is 0 Å². The van der Waals surface area contributed by atoms with E-state index in [0.29, 0.717) is 0 Å². The predicted molar refractivity (Wildman–Crippen MR) is 77.8 cm³/mol. The Kier molecular flexibility index (Phi) is 4.52. The smallest absolute Gasteiger partial charge is 0.344 e. The van der Waals surface area contributed by atoms with Gasteiger partial charge in [0, 0.05) is 0 Å². The van der Waals surface area contributed by atoms with Crippen molar-refractivity contribution in [1.82, 2.24) is 0 Å². The summed E-state index contributed by atoms with van der Waals surface area (Å²) in [7, 11) is 0. The van der Waals surface area contributed by atoms with Crippen LogP contribution in [0.5, 0.6) is 0 Å². The van der Waals surface area contributed by atoms with Crippen LogP contribution in [0.4, 0.5) is 61.5 Å². The maximum atomic E-state index is 14.8. The Labute approximate surface area is 175 Å². The zero-order chi connectivity index (χ0) is 24.6. The van der Waals surface area contributed by atoms with Gasteiger partial charge in [0.2, 0.25) is 0 Å². The number of halogens is 15. The van der Waals surface area contributed by atoms with Crippen molar-refractivity contribution >= 4 is 28.6 Å². The number of esters is 1. The van der Waals surface area contributed by atoms with Crippen molar-refractivity contribution < 1.29 is 71.0 Å². The van der Waals surface area contributed by atoms with E-state index in [4.69, 9.17) is 0 Å². The molecule has 4 saturated carbocycles. The number of alkyl halides is 15. The molecule has 17 heteroatoms. The van der Waals surface area contributed by atoms with Gasteiger partial charge >= 0.3 is 58.4 Å². The van der Waals surface area contributed by atoms with E-state index < -0.39 is 74.7 Å². The maximum Gasteiger partial charge on any atom is 0.344 e. The highest BCUT2D eigenvalue weighted by Gasteiger charge is 3.19. The van der Waals surface area contributed by atoms with E-state index in [1.807, 2.05) is 0 Å². The highest BCUT2D eigenvalue weighted by Crippen LogP contribution is 2.87. The Morgan fingerprint density at radius 3 is 1.42 bits per heavy atom. The van der Waals surface area contributed by atoms with Gasteiger partial charge in [-0.05, 0) is 6.42 Å². The van der Waals surface area contributed by atoms with E-state index in [1.54, 1.807) is 0 Å². The van der Waals surface area contributed by atoms with E-state index in [2.05, 4.69) is 4.74 Å². The molecule has 3 atom stereocenters. The largest absolute Gasteiger partial charge is 0.438 e. The SMILES string of the molecule is CCC(I)C(=O)OC12C(F)(F)C3C(F)(F)C(F)(C(F)(F)C(F)(C3(F)F)C1(F)F)C2(F)F. The molecular formula is C14H7F14IO2. The van der Waals surface area contributed by atoms with Crippen LogP contribution >= 0.6 is 22.6 Å². The third-order valence-electron chi connectivity index (χ3n) is 5.96. The van der Waals surface area contributed by atoms with Crippen LogP contribution in [-0.4, -0.2) is 62.4 Å². The Morgan fingerprint density at radius 1 is 0.742 bits per heavy atom. The Morgan fingerprint density at radius 2 is 1.10 bits per heavy atom. The van der Waals surface area contributed by atoms with Crippen molar-refractivity contribution in [3.63, 3.8) is 0 Å². The standard InChI is InChI=1S/C14H7F14IO2/c1-2-3(29)4(30)31-11-8(19,20)5-6(15,16)9(21,13(11,25)26)12(23,24)10(22,7(5,17)18)14(11,27)28/h3,5H,2H2,1H3. The van der Waals surface area contributed by atoms with Gasteiger partial charge in [-0.1, -0.05) is 29.5 Å². The van der Waals surface area contributed by atoms with Crippen molar-refractivity contribution in [3.05, 3.63) is 0 Å². The van der Waals surface area contributed by atoms with E-state index in [1.165, 1.54) is 0 Å². The van der Waals surface area contributed by atoms with E-state index in [-0.39, 0.29) is 0 Å². The molecule has 0 aromatic rings. The van der Waals surface area contributed by atoms with E-state index in [9.17, 15) is 66.3 Å². The van der Waals surface area contributed by atoms with Gasteiger partial charge in [0.1, 0.15) is 3.92 Å². The molecule has 0 aliphatic heterocycles. The second kappa shape index (κ2) is 5.64. The molecule has 0 aromatic carbocycles. The van der Waals surface area contributed by atoms with E-state index >= 15 is 0 Å². The minimum Gasteiger partial charge on any atom is -0.438 e. The fraction of sp³-hybridized carbons (Fsp3) is 0.929. The first-order valence-corrected chi connectivity index (χ1v) is 9.24. The topological polar surface area (TPSA) is 26.3 Å². The van der Waals surface area contributed by atoms with Crippen LogP contribution in [0.15, 0.2) is 0 Å². The van der Waals surface area contributed by atoms with Crippen LogP contribution in [0.1, 0.15) is 13.3 Å². The minimum atomic E-state index is -7.63. The van der Waals surface area contributed by atoms with Crippen LogP contribution < -0.4 is 0 Å². The number of carbonyl (C=O) groups is 1. The number of hydrogen-bond acceptors (Lipinski definition) is 2. The summed E-state index contributed by atoms with van der Waals surface area (Å²) < 4.78 is 204. The number of rotatable bonds is 3. The van der Waals surface area contributed by atoms with Gasteiger partial charge in [0.15, 0.2) is 5.92 Å². The fourth-order valence-corrected chi connectivity index (χ4v) is 4.56. The highest BCUT2D eigenvalue weighted by molar-refractivity contribution is 14.1. The average molecular weight is 600 g/mol. The molecule has 0 spiro atoms. The molecule has 0 N–H and O–H groups in total. The first kappa shape index (κ1) is 24.9. The van der Waals surface area contributed by atoms with Crippen LogP contribution in [0.2, 0.25) is 0 Å². The van der Waals surface area contributed by atoms with Crippen LogP contribution in [0.25, 0.3) is 0 Å². The lowest BCUT2D eigenvalue weighted by atomic mass is 9.41. The number of carbonyl (C=O) groups excluding carboxylic acids is 1. The van der Waals surface area contributed by atoms with Gasteiger partial charge in [-0.25, -0.2) is 35.1 Å². The fourth-order valence-electron chi connectivity index (χ4n) is 4.43. The third kappa shape index (κ3) is 1.81. The summed E-state index contributed by atoms with van der Waals surface area (Å²) in [5.74, 6) is -52.2. The molecule has 31 heavy (non-hydrogen) atoms. The molecule has 4 fully saturated rings. The minimum absolute atomic E-state index is 0.564. The van der Waals surface area contributed by atoms with Gasteiger partial charge in [-0.3, -0.25) is 4.79 Å². The second-order valence-corrected chi connectivity index (χ2v) is 8.82. The lowest BCUT2D eigenvalue weighted by Crippen LogP contribution is -3.06. The second-order valence-electron chi connectivity index (χ2n) is 7.32. The number of hydrogen-bond donors (Lipinski definition) is 0. The Hall–Kier alpha value is -0.780. The molecule has 0 amide bonds. The summed E-state index contributed by atoms with van der Waals surface area (Å²) in [5, 5.41) is 0. The molecule has 180 valence electrons. The van der Waals surface area contributed by atoms with Crippen molar-refractivity contribution in [2.24, 2.45) is 5.92 Å². The van der Waals surface area contributed by atoms with Crippen molar-refractivity contribution in [3.8, 4) is 0 Å².